The van der Waals surface area contributed by atoms with Crippen LogP contribution in [0.15, 0.2) is 54.7 Å². The molecule has 0 atom stereocenters. The zero-order valence-corrected chi connectivity index (χ0v) is 23.8. The Morgan fingerprint density at radius 3 is 2.51 bits per heavy atom. The molecule has 0 radical (unpaired) electrons. The number of amides is 1. The Hall–Kier alpha value is -2.92. The minimum absolute atomic E-state index is 0.169. The van der Waals surface area contributed by atoms with Crippen LogP contribution in [0, 0.1) is 18.8 Å². The molecule has 2 aromatic carbocycles. The maximum Gasteiger partial charge on any atom is 0.223 e. The smallest absolute Gasteiger partial charge is 0.223 e. The zero-order chi connectivity index (χ0) is 27.0. The minimum atomic E-state index is 0.169. The van der Waals surface area contributed by atoms with E-state index in [9.17, 15) is 4.79 Å². The van der Waals surface area contributed by atoms with Crippen LogP contribution in [-0.4, -0.2) is 41.5 Å². The van der Waals surface area contributed by atoms with Gasteiger partial charge in [-0.3, -0.25) is 9.78 Å². The SMILES string of the molecule is CCCCc1cc(OC2CCN(CC3CCC(C(=O)NCc4ccc(C)cc4)CC3)CC2)c2ncccc2c1. The summed E-state index contributed by atoms with van der Waals surface area (Å²) in [6, 6.07) is 17.1. The van der Waals surface area contributed by atoms with Crippen LogP contribution in [0.5, 0.6) is 5.75 Å². The maximum absolute atomic E-state index is 12.7. The number of hydrogen-bond donors (Lipinski definition) is 1. The largest absolute Gasteiger partial charge is 0.488 e. The van der Waals surface area contributed by atoms with Gasteiger partial charge < -0.3 is 15.0 Å². The molecule has 1 aliphatic carbocycles. The third kappa shape index (κ3) is 7.60. The molecule has 2 heterocycles. The highest BCUT2D eigenvalue weighted by Crippen LogP contribution is 2.32. The Morgan fingerprint density at radius 2 is 1.77 bits per heavy atom. The number of nitrogens with zero attached hydrogens (tertiary/aromatic N) is 2. The summed E-state index contributed by atoms with van der Waals surface area (Å²) < 4.78 is 6.60. The summed E-state index contributed by atoms with van der Waals surface area (Å²) in [5.41, 5.74) is 4.76. The van der Waals surface area contributed by atoms with Gasteiger partial charge in [-0.15, -0.1) is 0 Å². The highest BCUT2D eigenvalue weighted by atomic mass is 16.5. The zero-order valence-electron chi connectivity index (χ0n) is 23.8. The summed E-state index contributed by atoms with van der Waals surface area (Å²) in [5.74, 6) is 2.05. The fourth-order valence-electron chi connectivity index (χ4n) is 6.23. The summed E-state index contributed by atoms with van der Waals surface area (Å²) in [7, 11) is 0. The number of hydrogen-bond acceptors (Lipinski definition) is 4. The molecule has 1 amide bonds. The van der Waals surface area contributed by atoms with Crippen molar-refractivity contribution < 1.29 is 9.53 Å². The van der Waals surface area contributed by atoms with Crippen LogP contribution < -0.4 is 10.1 Å². The molecule has 1 aromatic heterocycles. The van der Waals surface area contributed by atoms with Crippen LogP contribution in [0.1, 0.15) is 75.0 Å². The van der Waals surface area contributed by atoms with E-state index in [0.717, 1.165) is 75.8 Å². The number of nitrogens with one attached hydrogen (secondary N) is 1. The lowest BCUT2D eigenvalue weighted by Gasteiger charge is -2.36. The van der Waals surface area contributed by atoms with E-state index in [0.29, 0.717) is 12.5 Å². The molecule has 5 rings (SSSR count). The first kappa shape index (κ1) is 27.6. The molecular formula is C34H45N3O2. The Kier molecular flexibility index (Phi) is 9.52. The molecule has 3 aromatic rings. The van der Waals surface area contributed by atoms with Gasteiger partial charge in [0.25, 0.3) is 0 Å². The summed E-state index contributed by atoms with van der Waals surface area (Å²) in [4.78, 5) is 20.0. The molecular weight excluding hydrogens is 482 g/mol. The summed E-state index contributed by atoms with van der Waals surface area (Å²) in [5, 5.41) is 4.34. The van der Waals surface area contributed by atoms with Crippen molar-refractivity contribution in [2.45, 2.75) is 84.3 Å². The number of carbonyl (C=O) groups excluding carboxylic acids is 1. The van der Waals surface area contributed by atoms with E-state index in [1.165, 1.54) is 34.9 Å². The monoisotopic (exact) mass is 527 g/mol. The van der Waals surface area contributed by atoms with Crippen molar-refractivity contribution in [2.24, 2.45) is 11.8 Å². The molecule has 1 saturated heterocycles. The molecule has 1 N–H and O–H groups in total. The second-order valence-corrected chi connectivity index (χ2v) is 11.8. The number of aryl methyl sites for hydroxylation is 2. The maximum atomic E-state index is 12.7. The molecule has 5 heteroatoms. The van der Waals surface area contributed by atoms with Crippen LogP contribution in [0.2, 0.25) is 0 Å². The van der Waals surface area contributed by atoms with Gasteiger partial charge in [0, 0.05) is 43.7 Å². The number of carbonyl (C=O) groups is 1. The summed E-state index contributed by atoms with van der Waals surface area (Å²) >= 11 is 0. The standard InChI is InChI=1S/C34H45N3O2/c1-3-4-6-28-21-30-7-5-18-35-33(30)32(22-28)39-31-16-19-37(20-17-31)24-27-12-14-29(15-13-27)34(38)36-23-26-10-8-25(2)9-11-26/h5,7-11,18,21-22,27,29,31H,3-4,6,12-17,19-20,23-24H2,1-2H3,(H,36,38). The Morgan fingerprint density at radius 1 is 1.00 bits per heavy atom. The van der Waals surface area contributed by atoms with Gasteiger partial charge in [-0.05, 0) is 93.5 Å². The second-order valence-electron chi connectivity index (χ2n) is 11.8. The molecule has 0 spiro atoms. The topological polar surface area (TPSA) is 54.5 Å². The number of unbranched alkanes of at least 4 members (excludes halogenated alkanes) is 1. The normalized spacial score (nSPS) is 20.7. The number of benzene rings is 2. The van der Waals surface area contributed by atoms with Gasteiger partial charge in [-0.2, -0.15) is 0 Å². The van der Waals surface area contributed by atoms with Crippen molar-refractivity contribution in [2.75, 3.05) is 19.6 Å². The van der Waals surface area contributed by atoms with Gasteiger partial charge in [0.1, 0.15) is 17.4 Å². The van der Waals surface area contributed by atoms with E-state index in [1.54, 1.807) is 0 Å². The lowest BCUT2D eigenvalue weighted by Crippen LogP contribution is -2.41. The molecule has 1 saturated carbocycles. The van der Waals surface area contributed by atoms with Crippen LogP contribution in [0.3, 0.4) is 0 Å². The van der Waals surface area contributed by atoms with Gasteiger partial charge in [-0.25, -0.2) is 0 Å². The molecule has 0 unspecified atom stereocenters. The van der Waals surface area contributed by atoms with Crippen LogP contribution in [0.25, 0.3) is 10.9 Å². The number of fused-ring (bicyclic) bond motifs is 1. The van der Waals surface area contributed by atoms with Crippen LogP contribution in [0.4, 0.5) is 0 Å². The highest BCUT2D eigenvalue weighted by molar-refractivity contribution is 5.85. The minimum Gasteiger partial charge on any atom is -0.488 e. The van der Waals surface area contributed by atoms with E-state index in [2.05, 4.69) is 71.5 Å². The van der Waals surface area contributed by atoms with Crippen molar-refractivity contribution in [3.8, 4) is 5.75 Å². The summed E-state index contributed by atoms with van der Waals surface area (Å²) in [6.07, 6.45) is 12.1. The molecule has 39 heavy (non-hydrogen) atoms. The number of ether oxygens (including phenoxy) is 1. The van der Waals surface area contributed by atoms with Crippen LogP contribution >= 0.6 is 0 Å². The highest BCUT2D eigenvalue weighted by Gasteiger charge is 2.29. The van der Waals surface area contributed by atoms with Crippen molar-refractivity contribution >= 4 is 16.8 Å². The third-order valence-corrected chi connectivity index (χ3v) is 8.70. The lowest BCUT2D eigenvalue weighted by molar-refractivity contribution is -0.126. The first-order chi connectivity index (χ1) is 19.1. The van der Waals surface area contributed by atoms with E-state index in [1.807, 2.05) is 12.3 Å². The average Bonchev–Trinajstić information content (AvgIpc) is 2.97. The Labute approximate surface area is 234 Å². The third-order valence-electron chi connectivity index (χ3n) is 8.70. The first-order valence-corrected chi connectivity index (χ1v) is 15.2. The van der Waals surface area contributed by atoms with Crippen LogP contribution in [-0.2, 0) is 17.8 Å². The van der Waals surface area contributed by atoms with Crippen molar-refractivity contribution in [3.05, 3.63) is 71.4 Å². The number of piperidine rings is 1. The summed E-state index contributed by atoms with van der Waals surface area (Å²) in [6.45, 7) is 8.28. The molecule has 2 aliphatic rings. The lowest BCUT2D eigenvalue weighted by atomic mass is 9.81. The number of pyridine rings is 1. The quantitative estimate of drug-likeness (QED) is 0.313. The van der Waals surface area contributed by atoms with Gasteiger partial charge in [0.05, 0.1) is 0 Å². The Balaban J connectivity index is 1.05. The van der Waals surface area contributed by atoms with Crippen molar-refractivity contribution in [1.29, 1.82) is 0 Å². The van der Waals surface area contributed by atoms with E-state index < -0.39 is 0 Å². The second kappa shape index (κ2) is 13.4. The molecule has 2 fully saturated rings. The van der Waals surface area contributed by atoms with Gasteiger partial charge in [0.15, 0.2) is 0 Å². The first-order valence-electron chi connectivity index (χ1n) is 15.2. The van der Waals surface area contributed by atoms with Gasteiger partial charge in [-0.1, -0.05) is 49.2 Å². The molecule has 208 valence electrons. The number of aromatic nitrogens is 1. The van der Waals surface area contributed by atoms with Gasteiger partial charge >= 0.3 is 0 Å². The number of likely N-dealkylation sites (tertiary alicyclic amines) is 1. The average molecular weight is 528 g/mol. The van der Waals surface area contributed by atoms with E-state index >= 15 is 0 Å². The number of rotatable bonds is 10. The van der Waals surface area contributed by atoms with E-state index in [4.69, 9.17) is 4.74 Å². The fourth-order valence-corrected chi connectivity index (χ4v) is 6.23. The van der Waals surface area contributed by atoms with Crippen molar-refractivity contribution in [3.63, 3.8) is 0 Å². The van der Waals surface area contributed by atoms with Gasteiger partial charge in [0.2, 0.25) is 5.91 Å². The fraction of sp³-hybridized carbons (Fsp3) is 0.529. The predicted molar refractivity (Wildman–Crippen MR) is 159 cm³/mol. The van der Waals surface area contributed by atoms with E-state index in [-0.39, 0.29) is 17.9 Å². The Bertz CT molecular complexity index is 1210. The molecule has 1 aliphatic heterocycles. The molecule has 5 nitrogen and oxygen atoms in total. The predicted octanol–water partition coefficient (Wildman–Crippen LogP) is 6.85. The van der Waals surface area contributed by atoms with Crippen molar-refractivity contribution in [1.82, 2.24) is 15.2 Å². The molecule has 0 bridgehead atoms.